The highest BCUT2D eigenvalue weighted by molar-refractivity contribution is 6.01. The molecular weight excluding hydrogens is 268 g/mol. The van der Waals surface area contributed by atoms with E-state index in [1.807, 2.05) is 0 Å². The number of nitrogens with zero attached hydrogens (tertiary/aromatic N) is 2. The molecule has 7 heteroatoms. The predicted octanol–water partition coefficient (Wildman–Crippen LogP) is 0.0192. The number of piperidine rings is 1. The molecule has 2 fully saturated rings. The molecular formula is C12H23ClN4O2. The number of carbonyl (C=O) groups excluding carboxylic acids is 2. The van der Waals surface area contributed by atoms with Gasteiger partial charge in [0.05, 0.1) is 6.54 Å². The molecule has 2 rings (SSSR count). The maximum Gasteiger partial charge on any atom is 0.324 e. The van der Waals surface area contributed by atoms with Crippen LogP contribution in [0.25, 0.3) is 0 Å². The topological polar surface area (TPSA) is 78.7 Å². The van der Waals surface area contributed by atoms with Gasteiger partial charge in [-0.15, -0.1) is 12.4 Å². The van der Waals surface area contributed by atoms with Crippen LogP contribution in [0.5, 0.6) is 0 Å². The number of urea groups is 1. The van der Waals surface area contributed by atoms with Gasteiger partial charge in [0.1, 0.15) is 0 Å². The van der Waals surface area contributed by atoms with Gasteiger partial charge in [-0.3, -0.25) is 9.69 Å². The molecule has 19 heavy (non-hydrogen) atoms. The van der Waals surface area contributed by atoms with Crippen LogP contribution in [0.4, 0.5) is 4.79 Å². The van der Waals surface area contributed by atoms with E-state index in [9.17, 15) is 9.59 Å². The van der Waals surface area contributed by atoms with Gasteiger partial charge >= 0.3 is 6.03 Å². The molecule has 2 heterocycles. The van der Waals surface area contributed by atoms with Crippen LogP contribution < -0.4 is 11.1 Å². The molecule has 2 aliphatic rings. The number of imide groups is 1. The van der Waals surface area contributed by atoms with Crippen molar-refractivity contribution in [1.29, 1.82) is 0 Å². The van der Waals surface area contributed by atoms with E-state index < -0.39 is 0 Å². The molecule has 0 spiro atoms. The van der Waals surface area contributed by atoms with E-state index in [4.69, 9.17) is 5.73 Å². The molecule has 0 aromatic rings. The number of nitrogens with two attached hydrogens (primary N) is 1. The zero-order valence-corrected chi connectivity index (χ0v) is 12.3. The molecule has 0 saturated carbocycles. The number of hydrogen-bond donors (Lipinski definition) is 2. The molecule has 3 amide bonds. The Labute approximate surface area is 120 Å². The van der Waals surface area contributed by atoms with Crippen LogP contribution in [0, 0.1) is 5.41 Å². The summed E-state index contributed by atoms with van der Waals surface area (Å²) in [6.45, 7) is 7.52. The average Bonchev–Trinajstić information content (AvgIpc) is 2.61. The summed E-state index contributed by atoms with van der Waals surface area (Å²) in [5.74, 6) is -0.132. The fraction of sp³-hybridized carbons (Fsp3) is 0.833. The third-order valence-electron chi connectivity index (χ3n) is 3.97. The minimum Gasteiger partial charge on any atom is -0.329 e. The van der Waals surface area contributed by atoms with Gasteiger partial charge in [-0.25, -0.2) is 4.79 Å². The van der Waals surface area contributed by atoms with Gasteiger partial charge in [0, 0.05) is 25.7 Å². The van der Waals surface area contributed by atoms with Gasteiger partial charge in [-0.1, -0.05) is 13.8 Å². The molecule has 0 aromatic carbocycles. The number of nitrogens with one attached hydrogen (secondary N) is 1. The lowest BCUT2D eigenvalue weighted by Gasteiger charge is -2.42. The van der Waals surface area contributed by atoms with Crippen LogP contribution in [0.3, 0.4) is 0 Å². The van der Waals surface area contributed by atoms with E-state index in [-0.39, 0.29) is 42.3 Å². The maximum absolute atomic E-state index is 11.4. The standard InChI is InChI=1S/C12H22N4O2.ClH/c1-12(2)8-15(4-3-9(12)13)5-6-16-10(17)7-14-11(16)18;/h9H,3-8,13H2,1-2H3,(H,14,18);1H. The van der Waals surface area contributed by atoms with Crippen molar-refractivity contribution < 1.29 is 9.59 Å². The van der Waals surface area contributed by atoms with Crippen molar-refractivity contribution in [3.8, 4) is 0 Å². The minimum absolute atomic E-state index is 0. The van der Waals surface area contributed by atoms with Gasteiger partial charge < -0.3 is 16.0 Å². The summed E-state index contributed by atoms with van der Waals surface area (Å²) in [6, 6.07) is -0.0431. The molecule has 1 unspecified atom stereocenters. The van der Waals surface area contributed by atoms with Gasteiger partial charge in [-0.05, 0) is 18.4 Å². The third-order valence-corrected chi connectivity index (χ3v) is 3.97. The van der Waals surface area contributed by atoms with Crippen LogP contribution >= 0.6 is 12.4 Å². The summed E-state index contributed by atoms with van der Waals surface area (Å²) in [4.78, 5) is 26.4. The van der Waals surface area contributed by atoms with Gasteiger partial charge in [-0.2, -0.15) is 0 Å². The SMILES string of the molecule is CC1(C)CN(CCN2C(=O)CNC2=O)CCC1N.Cl. The quantitative estimate of drug-likeness (QED) is 0.718. The molecule has 6 nitrogen and oxygen atoms in total. The first-order chi connectivity index (χ1) is 8.40. The zero-order chi connectivity index (χ0) is 13.3. The Morgan fingerprint density at radius 1 is 1.37 bits per heavy atom. The number of rotatable bonds is 3. The molecule has 0 radical (unpaired) electrons. The first kappa shape index (κ1) is 16.2. The predicted molar refractivity (Wildman–Crippen MR) is 75.2 cm³/mol. The maximum atomic E-state index is 11.4. The first-order valence-corrected chi connectivity index (χ1v) is 6.46. The summed E-state index contributed by atoms with van der Waals surface area (Å²) in [5.41, 5.74) is 6.17. The second-order valence-electron chi connectivity index (χ2n) is 5.86. The van der Waals surface area contributed by atoms with Crippen molar-refractivity contribution in [2.45, 2.75) is 26.3 Å². The van der Waals surface area contributed by atoms with E-state index >= 15 is 0 Å². The van der Waals surface area contributed by atoms with Crippen molar-refractivity contribution in [3.05, 3.63) is 0 Å². The average molecular weight is 291 g/mol. The monoisotopic (exact) mass is 290 g/mol. The second-order valence-corrected chi connectivity index (χ2v) is 5.86. The van der Waals surface area contributed by atoms with E-state index in [2.05, 4.69) is 24.1 Å². The number of halogens is 1. The Kier molecular flexibility index (Phi) is 5.18. The Morgan fingerprint density at radius 3 is 2.58 bits per heavy atom. The molecule has 0 bridgehead atoms. The van der Waals surface area contributed by atoms with Gasteiger partial charge in [0.2, 0.25) is 5.91 Å². The van der Waals surface area contributed by atoms with Crippen LogP contribution in [0.2, 0.25) is 0 Å². The lowest BCUT2D eigenvalue weighted by Crippen LogP contribution is -2.53. The summed E-state index contributed by atoms with van der Waals surface area (Å²) >= 11 is 0. The summed E-state index contributed by atoms with van der Waals surface area (Å²) in [7, 11) is 0. The van der Waals surface area contributed by atoms with E-state index in [0.29, 0.717) is 6.54 Å². The number of carbonyl (C=O) groups is 2. The van der Waals surface area contributed by atoms with E-state index in [0.717, 1.165) is 26.1 Å². The molecule has 0 aromatic heterocycles. The molecule has 0 aliphatic carbocycles. The van der Waals surface area contributed by atoms with Crippen LogP contribution in [0.1, 0.15) is 20.3 Å². The summed E-state index contributed by atoms with van der Waals surface area (Å²) < 4.78 is 0. The van der Waals surface area contributed by atoms with Crippen molar-refractivity contribution >= 4 is 24.3 Å². The second kappa shape index (κ2) is 6.07. The highest BCUT2D eigenvalue weighted by atomic mass is 35.5. The van der Waals surface area contributed by atoms with Crippen LogP contribution in [-0.2, 0) is 4.79 Å². The highest BCUT2D eigenvalue weighted by Crippen LogP contribution is 2.27. The largest absolute Gasteiger partial charge is 0.329 e. The van der Waals surface area contributed by atoms with Crippen molar-refractivity contribution in [2.24, 2.45) is 11.1 Å². The zero-order valence-electron chi connectivity index (χ0n) is 11.5. The lowest BCUT2D eigenvalue weighted by atomic mass is 9.80. The smallest absolute Gasteiger partial charge is 0.324 e. The molecule has 3 N–H and O–H groups in total. The Morgan fingerprint density at radius 2 is 2.05 bits per heavy atom. The van der Waals surface area contributed by atoms with Crippen molar-refractivity contribution in [2.75, 3.05) is 32.7 Å². The van der Waals surface area contributed by atoms with Crippen LogP contribution in [-0.4, -0.2) is 60.5 Å². The third kappa shape index (κ3) is 3.58. The number of amides is 3. The fourth-order valence-electron chi connectivity index (χ4n) is 2.60. The first-order valence-electron chi connectivity index (χ1n) is 6.46. The van der Waals surface area contributed by atoms with E-state index in [1.165, 1.54) is 4.90 Å². The normalized spacial score (nSPS) is 27.1. The number of hydrogen-bond acceptors (Lipinski definition) is 4. The fourth-order valence-corrected chi connectivity index (χ4v) is 2.60. The summed E-state index contributed by atoms with van der Waals surface area (Å²) in [5, 5.41) is 2.53. The molecule has 2 aliphatic heterocycles. The lowest BCUT2D eigenvalue weighted by molar-refractivity contribution is -0.125. The Bertz CT molecular complexity index is 346. The molecule has 110 valence electrons. The van der Waals surface area contributed by atoms with Gasteiger partial charge in [0.25, 0.3) is 0 Å². The van der Waals surface area contributed by atoms with Crippen molar-refractivity contribution in [1.82, 2.24) is 15.1 Å². The Hall–Kier alpha value is -0.850. The highest BCUT2D eigenvalue weighted by Gasteiger charge is 2.34. The summed E-state index contributed by atoms with van der Waals surface area (Å²) in [6.07, 6.45) is 0.965. The molecule has 2 saturated heterocycles. The Balaban J connectivity index is 0.00000180. The van der Waals surface area contributed by atoms with Gasteiger partial charge in [0.15, 0.2) is 0 Å². The number of likely N-dealkylation sites (tertiary alicyclic amines) is 1. The minimum atomic E-state index is -0.270. The van der Waals surface area contributed by atoms with Crippen LogP contribution in [0.15, 0.2) is 0 Å². The van der Waals surface area contributed by atoms with E-state index in [1.54, 1.807) is 0 Å². The van der Waals surface area contributed by atoms with Crippen molar-refractivity contribution in [3.63, 3.8) is 0 Å². The molecule has 1 atom stereocenters.